The van der Waals surface area contributed by atoms with Gasteiger partial charge in [-0.1, -0.05) is 66.7 Å². The van der Waals surface area contributed by atoms with Gasteiger partial charge in [0.15, 0.2) is 5.84 Å². The van der Waals surface area contributed by atoms with Gasteiger partial charge in [0.1, 0.15) is 17.3 Å². The SMILES string of the molecule is O=C1/C(=C/c2cccc([N+](=O)[O-])c2)N=C(c2ccccc2)N1N1CCN(C(c2ccc(F)cc2)c2ccc(F)cc2)CC1. The van der Waals surface area contributed by atoms with Crippen LogP contribution in [0.15, 0.2) is 114 Å². The van der Waals surface area contributed by atoms with Gasteiger partial charge < -0.3 is 0 Å². The Morgan fingerprint density at radius 3 is 1.98 bits per heavy atom. The maximum Gasteiger partial charge on any atom is 0.292 e. The number of nitrogens with zero attached hydrogens (tertiary/aromatic N) is 5. The number of hydrogen-bond acceptors (Lipinski definition) is 6. The third-order valence-electron chi connectivity index (χ3n) is 7.56. The van der Waals surface area contributed by atoms with E-state index < -0.39 is 4.92 Å². The van der Waals surface area contributed by atoms with Crippen LogP contribution in [0, 0.1) is 21.7 Å². The van der Waals surface area contributed by atoms with Crippen LogP contribution in [0.3, 0.4) is 0 Å². The van der Waals surface area contributed by atoms with Crippen molar-refractivity contribution >= 4 is 23.5 Å². The van der Waals surface area contributed by atoms with Crippen molar-refractivity contribution in [3.05, 3.63) is 153 Å². The average molecular weight is 580 g/mol. The second-order valence-corrected chi connectivity index (χ2v) is 10.3. The number of hydrogen-bond donors (Lipinski definition) is 0. The van der Waals surface area contributed by atoms with Crippen LogP contribution in [0.1, 0.15) is 28.3 Å². The number of carbonyl (C=O) groups excluding carboxylic acids is 1. The lowest BCUT2D eigenvalue weighted by Crippen LogP contribution is -2.56. The van der Waals surface area contributed by atoms with Crippen molar-refractivity contribution in [1.29, 1.82) is 0 Å². The van der Waals surface area contributed by atoms with Crippen LogP contribution in [-0.4, -0.2) is 57.8 Å². The number of amides is 1. The first-order valence-corrected chi connectivity index (χ1v) is 13.8. The molecular formula is C33H27F2N5O3. The number of amidine groups is 1. The van der Waals surface area contributed by atoms with E-state index in [4.69, 9.17) is 0 Å². The highest BCUT2D eigenvalue weighted by Crippen LogP contribution is 2.32. The molecule has 0 aromatic heterocycles. The van der Waals surface area contributed by atoms with E-state index in [1.165, 1.54) is 36.4 Å². The Hall–Kier alpha value is -5.06. The normalized spacial score (nSPS) is 17.1. The molecule has 0 aliphatic carbocycles. The first kappa shape index (κ1) is 28.1. The van der Waals surface area contributed by atoms with Gasteiger partial charge in [0, 0.05) is 43.9 Å². The van der Waals surface area contributed by atoms with Gasteiger partial charge in [-0.05, 0) is 47.0 Å². The summed E-state index contributed by atoms with van der Waals surface area (Å²) in [4.78, 5) is 31.5. The summed E-state index contributed by atoms with van der Waals surface area (Å²) in [7, 11) is 0. The highest BCUT2D eigenvalue weighted by molar-refractivity contribution is 6.19. The first-order chi connectivity index (χ1) is 20.9. The Morgan fingerprint density at radius 2 is 1.40 bits per heavy atom. The minimum atomic E-state index is -0.478. The van der Waals surface area contributed by atoms with Crippen LogP contribution in [0.4, 0.5) is 14.5 Å². The van der Waals surface area contributed by atoms with Crippen molar-refractivity contribution < 1.29 is 18.5 Å². The van der Waals surface area contributed by atoms with Gasteiger partial charge in [-0.15, -0.1) is 0 Å². The minimum absolute atomic E-state index is 0.0723. The fraction of sp³-hybridized carbons (Fsp3) is 0.152. The number of aliphatic imine (C=N–C) groups is 1. The van der Waals surface area contributed by atoms with Crippen molar-refractivity contribution in [3.8, 4) is 0 Å². The molecule has 4 aromatic carbocycles. The van der Waals surface area contributed by atoms with E-state index in [9.17, 15) is 23.7 Å². The fourth-order valence-corrected chi connectivity index (χ4v) is 5.50. The third kappa shape index (κ3) is 5.97. The lowest BCUT2D eigenvalue weighted by Gasteiger charge is -2.42. The summed E-state index contributed by atoms with van der Waals surface area (Å²) in [5.74, 6) is -0.516. The molecule has 0 radical (unpaired) electrons. The van der Waals surface area contributed by atoms with Gasteiger partial charge in [-0.25, -0.2) is 23.8 Å². The van der Waals surface area contributed by atoms with Crippen LogP contribution in [0.25, 0.3) is 6.08 Å². The van der Waals surface area contributed by atoms with Crippen LogP contribution in [-0.2, 0) is 4.79 Å². The van der Waals surface area contributed by atoms with Crippen LogP contribution in [0.5, 0.6) is 0 Å². The molecule has 10 heteroatoms. The third-order valence-corrected chi connectivity index (χ3v) is 7.56. The van der Waals surface area contributed by atoms with Gasteiger partial charge in [0.05, 0.1) is 11.0 Å². The molecule has 0 N–H and O–H groups in total. The molecule has 1 saturated heterocycles. The van der Waals surface area contributed by atoms with E-state index in [1.54, 1.807) is 47.5 Å². The summed E-state index contributed by atoms with van der Waals surface area (Å²) >= 11 is 0. The standard InChI is InChI=1S/C33H27F2N5O3/c34-27-13-9-24(10-14-27)31(25-11-15-28(35)16-12-25)37-17-19-38(20-18-37)39-32(26-6-2-1-3-7-26)36-30(33(39)41)22-23-5-4-8-29(21-23)40(42)43/h1-16,21-22,31H,17-20H2/b30-22-. The van der Waals surface area contributed by atoms with E-state index in [0.29, 0.717) is 37.6 Å². The quantitative estimate of drug-likeness (QED) is 0.157. The summed E-state index contributed by atoms with van der Waals surface area (Å²) < 4.78 is 27.5. The van der Waals surface area contributed by atoms with Crippen molar-refractivity contribution in [2.24, 2.45) is 4.99 Å². The monoisotopic (exact) mass is 579 g/mol. The molecule has 2 aliphatic heterocycles. The van der Waals surface area contributed by atoms with Gasteiger partial charge >= 0.3 is 0 Å². The van der Waals surface area contributed by atoms with E-state index >= 15 is 0 Å². The Balaban J connectivity index is 1.28. The Labute approximate surface area is 246 Å². The van der Waals surface area contributed by atoms with E-state index in [1.807, 2.05) is 35.3 Å². The maximum atomic E-state index is 13.8. The van der Waals surface area contributed by atoms with E-state index in [0.717, 1.165) is 16.7 Å². The predicted octanol–water partition coefficient (Wildman–Crippen LogP) is 5.83. The number of benzene rings is 4. The number of hydrazine groups is 1. The smallest absolute Gasteiger partial charge is 0.290 e. The lowest BCUT2D eigenvalue weighted by molar-refractivity contribution is -0.384. The zero-order chi connectivity index (χ0) is 29.9. The Kier molecular flexibility index (Phi) is 7.86. The number of nitro benzene ring substituents is 1. The molecule has 6 rings (SSSR count). The van der Waals surface area contributed by atoms with Gasteiger partial charge in [0.2, 0.25) is 0 Å². The predicted molar refractivity (Wildman–Crippen MR) is 159 cm³/mol. The summed E-state index contributed by atoms with van der Waals surface area (Å²) in [5.41, 5.74) is 3.13. The molecule has 43 heavy (non-hydrogen) atoms. The average Bonchev–Trinajstić information content (AvgIpc) is 3.35. The van der Waals surface area contributed by atoms with E-state index in [2.05, 4.69) is 9.89 Å². The zero-order valence-electron chi connectivity index (χ0n) is 23.0. The number of nitro groups is 1. The fourth-order valence-electron chi connectivity index (χ4n) is 5.50. The van der Waals surface area contributed by atoms with Crippen molar-refractivity contribution in [3.63, 3.8) is 0 Å². The number of halogens is 2. The van der Waals surface area contributed by atoms with Crippen LogP contribution >= 0.6 is 0 Å². The molecule has 2 aliphatic rings. The van der Waals surface area contributed by atoms with Crippen molar-refractivity contribution in [2.45, 2.75) is 6.04 Å². The molecule has 0 atom stereocenters. The first-order valence-electron chi connectivity index (χ1n) is 13.8. The molecular weight excluding hydrogens is 552 g/mol. The highest BCUT2D eigenvalue weighted by atomic mass is 19.1. The summed E-state index contributed by atoms with van der Waals surface area (Å²) in [6.07, 6.45) is 1.56. The number of non-ortho nitro benzene ring substituents is 1. The zero-order valence-corrected chi connectivity index (χ0v) is 23.0. The number of rotatable bonds is 7. The largest absolute Gasteiger partial charge is 0.292 e. The number of carbonyl (C=O) groups is 1. The molecule has 0 bridgehead atoms. The molecule has 0 spiro atoms. The second kappa shape index (κ2) is 12.0. The molecule has 1 amide bonds. The Morgan fingerprint density at radius 1 is 0.791 bits per heavy atom. The summed E-state index contributed by atoms with van der Waals surface area (Å²) in [6, 6.07) is 27.9. The molecule has 8 nitrogen and oxygen atoms in total. The van der Waals surface area contributed by atoms with E-state index in [-0.39, 0.29) is 35.0 Å². The molecule has 216 valence electrons. The molecule has 0 saturated carbocycles. The highest BCUT2D eigenvalue weighted by Gasteiger charge is 2.38. The summed E-state index contributed by atoms with van der Waals surface area (Å²) in [6.45, 7) is 2.10. The van der Waals surface area contributed by atoms with Gasteiger partial charge in [0.25, 0.3) is 11.6 Å². The lowest BCUT2D eigenvalue weighted by atomic mass is 9.96. The van der Waals surface area contributed by atoms with Gasteiger partial charge in [-0.2, -0.15) is 0 Å². The molecule has 4 aromatic rings. The second-order valence-electron chi connectivity index (χ2n) is 10.3. The topological polar surface area (TPSA) is 82.3 Å². The Bertz CT molecular complexity index is 1660. The molecule has 0 unspecified atom stereocenters. The van der Waals surface area contributed by atoms with Crippen LogP contribution in [0.2, 0.25) is 0 Å². The minimum Gasteiger partial charge on any atom is -0.290 e. The maximum absolute atomic E-state index is 13.8. The van der Waals surface area contributed by atoms with Crippen LogP contribution < -0.4 is 0 Å². The number of piperazine rings is 1. The van der Waals surface area contributed by atoms with Crippen molar-refractivity contribution in [1.82, 2.24) is 14.9 Å². The summed E-state index contributed by atoms with van der Waals surface area (Å²) in [5, 5.41) is 14.8. The van der Waals surface area contributed by atoms with Gasteiger partial charge in [-0.3, -0.25) is 19.8 Å². The molecule has 1 fully saturated rings. The molecule has 2 heterocycles. The van der Waals surface area contributed by atoms with Crippen molar-refractivity contribution in [2.75, 3.05) is 26.2 Å².